The van der Waals surface area contributed by atoms with Gasteiger partial charge < -0.3 is 5.73 Å². The zero-order valence-corrected chi connectivity index (χ0v) is 13.0. The largest absolute Gasteiger partial charge is 0.330 e. The van der Waals surface area contributed by atoms with Gasteiger partial charge in [-0.05, 0) is 65.0 Å². The lowest BCUT2D eigenvalue weighted by Gasteiger charge is -2.36. The number of hydrogen-bond acceptors (Lipinski definition) is 2. The van der Waals surface area contributed by atoms with Crippen molar-refractivity contribution in [3.8, 4) is 0 Å². The van der Waals surface area contributed by atoms with Crippen LogP contribution < -0.4 is 5.73 Å². The summed E-state index contributed by atoms with van der Waals surface area (Å²) in [6.07, 6.45) is 1.24. The molecule has 1 aliphatic heterocycles. The molecule has 2 N–H and O–H groups in total. The van der Waals surface area contributed by atoms with Crippen LogP contribution in [0.2, 0.25) is 5.02 Å². The second-order valence-electron chi connectivity index (χ2n) is 5.25. The van der Waals surface area contributed by atoms with Gasteiger partial charge in [-0.1, -0.05) is 24.6 Å². The minimum absolute atomic E-state index is 0.629. The van der Waals surface area contributed by atoms with Crippen molar-refractivity contribution in [2.75, 3.05) is 19.6 Å². The van der Waals surface area contributed by atoms with Gasteiger partial charge in [-0.25, -0.2) is 0 Å². The summed E-state index contributed by atoms with van der Waals surface area (Å²) in [6.45, 7) is 6.33. The van der Waals surface area contributed by atoms with E-state index in [0.717, 1.165) is 41.6 Å². The van der Waals surface area contributed by atoms with Crippen molar-refractivity contribution in [3.63, 3.8) is 0 Å². The molecule has 1 aliphatic rings. The number of hydrogen-bond donors (Lipinski definition) is 1. The van der Waals surface area contributed by atoms with E-state index in [1.54, 1.807) is 0 Å². The molecule has 1 aromatic rings. The first-order valence-electron chi connectivity index (χ1n) is 6.46. The molecule has 0 aromatic heterocycles. The predicted octanol–water partition coefficient (Wildman–Crippen LogP) is 3.52. The minimum atomic E-state index is 0.629. The lowest BCUT2D eigenvalue weighted by Crippen LogP contribution is -2.42. The van der Waals surface area contributed by atoms with Gasteiger partial charge >= 0.3 is 0 Å². The van der Waals surface area contributed by atoms with Crippen molar-refractivity contribution in [1.82, 2.24) is 4.90 Å². The number of piperidine rings is 1. The quantitative estimate of drug-likeness (QED) is 0.918. The standard InChI is InChI=1S/C14H20BrClN2/c1-10-4-5-18(9-12(10)7-17)8-11-2-3-13(15)14(16)6-11/h2-3,6,10,12H,4-5,7-9,17H2,1H3. The number of halogens is 2. The van der Waals surface area contributed by atoms with Crippen LogP contribution in [-0.2, 0) is 6.54 Å². The third kappa shape index (κ3) is 3.47. The Morgan fingerprint density at radius 2 is 2.28 bits per heavy atom. The first-order valence-corrected chi connectivity index (χ1v) is 7.63. The van der Waals surface area contributed by atoms with Crippen LogP contribution in [0.4, 0.5) is 0 Å². The zero-order chi connectivity index (χ0) is 13.1. The Morgan fingerprint density at radius 1 is 1.50 bits per heavy atom. The average molecular weight is 332 g/mol. The topological polar surface area (TPSA) is 29.3 Å². The number of nitrogens with two attached hydrogens (primary N) is 1. The fourth-order valence-electron chi connectivity index (χ4n) is 2.57. The number of benzene rings is 1. The molecular weight excluding hydrogens is 312 g/mol. The Labute approximate surface area is 123 Å². The van der Waals surface area contributed by atoms with Crippen molar-refractivity contribution in [3.05, 3.63) is 33.3 Å². The van der Waals surface area contributed by atoms with Gasteiger partial charge in [0.25, 0.3) is 0 Å². The van der Waals surface area contributed by atoms with E-state index in [0.29, 0.717) is 5.92 Å². The average Bonchev–Trinajstić information content (AvgIpc) is 2.36. The van der Waals surface area contributed by atoms with Gasteiger partial charge in [0.1, 0.15) is 0 Å². The summed E-state index contributed by atoms with van der Waals surface area (Å²) in [5.74, 6) is 1.38. The number of rotatable bonds is 3. The highest BCUT2D eigenvalue weighted by Gasteiger charge is 2.24. The molecule has 0 radical (unpaired) electrons. The second kappa shape index (κ2) is 6.38. The van der Waals surface area contributed by atoms with Crippen LogP contribution in [0.15, 0.2) is 22.7 Å². The highest BCUT2D eigenvalue weighted by molar-refractivity contribution is 9.10. The van der Waals surface area contributed by atoms with Crippen LogP contribution in [0.25, 0.3) is 0 Å². The van der Waals surface area contributed by atoms with E-state index in [1.807, 2.05) is 12.1 Å². The van der Waals surface area contributed by atoms with E-state index in [9.17, 15) is 0 Å². The van der Waals surface area contributed by atoms with E-state index < -0.39 is 0 Å². The molecule has 2 unspecified atom stereocenters. The van der Waals surface area contributed by atoms with Crippen molar-refractivity contribution in [2.45, 2.75) is 19.9 Å². The molecule has 18 heavy (non-hydrogen) atoms. The highest BCUT2D eigenvalue weighted by atomic mass is 79.9. The van der Waals surface area contributed by atoms with E-state index >= 15 is 0 Å². The minimum Gasteiger partial charge on any atom is -0.330 e. The SMILES string of the molecule is CC1CCN(Cc2ccc(Br)c(Cl)c2)CC1CN. The third-order valence-electron chi connectivity index (χ3n) is 3.89. The van der Waals surface area contributed by atoms with Crippen molar-refractivity contribution >= 4 is 27.5 Å². The Kier molecular flexibility index (Phi) is 5.07. The normalized spacial score (nSPS) is 25.3. The van der Waals surface area contributed by atoms with Gasteiger partial charge in [-0.15, -0.1) is 0 Å². The van der Waals surface area contributed by atoms with Gasteiger partial charge in [-0.3, -0.25) is 4.90 Å². The fraction of sp³-hybridized carbons (Fsp3) is 0.571. The first-order chi connectivity index (χ1) is 8.60. The van der Waals surface area contributed by atoms with Crippen LogP contribution >= 0.6 is 27.5 Å². The van der Waals surface area contributed by atoms with E-state index in [4.69, 9.17) is 17.3 Å². The summed E-state index contributed by atoms with van der Waals surface area (Å²) in [4.78, 5) is 2.48. The lowest BCUT2D eigenvalue weighted by molar-refractivity contribution is 0.126. The molecule has 0 saturated carbocycles. The fourth-order valence-corrected chi connectivity index (χ4v) is 3.02. The van der Waals surface area contributed by atoms with E-state index in [-0.39, 0.29) is 0 Å². The summed E-state index contributed by atoms with van der Waals surface area (Å²) >= 11 is 9.55. The van der Waals surface area contributed by atoms with Gasteiger partial charge in [0.05, 0.1) is 5.02 Å². The molecule has 2 nitrogen and oxygen atoms in total. The van der Waals surface area contributed by atoms with Gasteiger partial charge in [0, 0.05) is 17.6 Å². The Balaban J connectivity index is 1.99. The molecule has 100 valence electrons. The Hall–Kier alpha value is -0.0900. The van der Waals surface area contributed by atoms with Crippen molar-refractivity contribution < 1.29 is 0 Å². The number of nitrogens with zero attached hydrogens (tertiary/aromatic N) is 1. The summed E-state index contributed by atoms with van der Waals surface area (Å²) < 4.78 is 0.958. The number of likely N-dealkylation sites (tertiary alicyclic amines) is 1. The second-order valence-corrected chi connectivity index (χ2v) is 6.51. The van der Waals surface area contributed by atoms with Crippen LogP contribution in [0.1, 0.15) is 18.9 Å². The molecule has 1 fully saturated rings. The monoisotopic (exact) mass is 330 g/mol. The van der Waals surface area contributed by atoms with Crippen LogP contribution in [0.5, 0.6) is 0 Å². The maximum absolute atomic E-state index is 6.13. The Bertz CT molecular complexity index is 411. The molecule has 1 saturated heterocycles. The first kappa shape index (κ1) is 14.3. The zero-order valence-electron chi connectivity index (χ0n) is 10.7. The van der Waals surface area contributed by atoms with Crippen molar-refractivity contribution in [1.29, 1.82) is 0 Å². The predicted molar refractivity (Wildman–Crippen MR) is 80.8 cm³/mol. The van der Waals surface area contributed by atoms with Crippen molar-refractivity contribution in [2.24, 2.45) is 17.6 Å². The lowest BCUT2D eigenvalue weighted by atomic mass is 9.87. The maximum Gasteiger partial charge on any atom is 0.0551 e. The highest BCUT2D eigenvalue weighted by Crippen LogP contribution is 2.26. The van der Waals surface area contributed by atoms with Crippen LogP contribution in [0, 0.1) is 11.8 Å². The molecule has 0 aliphatic carbocycles. The summed E-state index contributed by atoms with van der Waals surface area (Å²) in [6, 6.07) is 6.19. The van der Waals surface area contributed by atoms with Gasteiger partial charge in [0.15, 0.2) is 0 Å². The molecule has 2 rings (SSSR count). The molecular formula is C14H20BrClN2. The summed E-state index contributed by atoms with van der Waals surface area (Å²) in [5.41, 5.74) is 7.11. The molecule has 2 atom stereocenters. The van der Waals surface area contributed by atoms with E-state index in [1.165, 1.54) is 12.0 Å². The smallest absolute Gasteiger partial charge is 0.0551 e. The molecule has 1 aromatic carbocycles. The summed E-state index contributed by atoms with van der Waals surface area (Å²) in [5, 5.41) is 0.785. The Morgan fingerprint density at radius 3 is 2.94 bits per heavy atom. The van der Waals surface area contributed by atoms with Crippen LogP contribution in [-0.4, -0.2) is 24.5 Å². The maximum atomic E-state index is 6.13. The molecule has 1 heterocycles. The molecule has 4 heteroatoms. The van der Waals surface area contributed by atoms with Gasteiger partial charge in [-0.2, -0.15) is 0 Å². The molecule has 0 amide bonds. The van der Waals surface area contributed by atoms with Crippen LogP contribution in [0.3, 0.4) is 0 Å². The third-order valence-corrected chi connectivity index (χ3v) is 5.12. The molecule has 0 spiro atoms. The summed E-state index contributed by atoms with van der Waals surface area (Å²) in [7, 11) is 0. The van der Waals surface area contributed by atoms with E-state index in [2.05, 4.69) is 33.8 Å². The molecule has 0 bridgehead atoms. The van der Waals surface area contributed by atoms with Gasteiger partial charge in [0.2, 0.25) is 0 Å².